The Labute approximate surface area is 199 Å². The molecule has 3 saturated carbocycles. The van der Waals surface area contributed by atoms with Crippen molar-refractivity contribution in [2.24, 2.45) is 44.8 Å². The van der Waals surface area contributed by atoms with E-state index in [0.29, 0.717) is 5.92 Å². The summed E-state index contributed by atoms with van der Waals surface area (Å²) in [5.41, 5.74) is 5.08. The van der Waals surface area contributed by atoms with Gasteiger partial charge in [0.25, 0.3) is 0 Å². The lowest BCUT2D eigenvalue weighted by Crippen LogP contribution is -2.61. The molecule has 176 valence electrons. The summed E-state index contributed by atoms with van der Waals surface area (Å²) in [5.74, 6) is 0.674. The van der Waals surface area contributed by atoms with Gasteiger partial charge in [0.15, 0.2) is 11.6 Å². The molecule has 6 atom stereocenters. The smallest absolute Gasteiger partial charge is 0.187 e. The van der Waals surface area contributed by atoms with Crippen molar-refractivity contribution in [3.05, 3.63) is 28.5 Å². The van der Waals surface area contributed by atoms with E-state index in [4.69, 9.17) is 0 Å². The molecule has 0 radical (unpaired) electrons. The highest BCUT2D eigenvalue weighted by Crippen LogP contribution is 2.71. The molecule has 5 rings (SSSR count). The maximum Gasteiger partial charge on any atom is 0.187 e. The highest BCUT2D eigenvalue weighted by molar-refractivity contribution is 6.04. The van der Waals surface area contributed by atoms with Crippen LogP contribution in [0.25, 0.3) is 0 Å². The fourth-order valence-electron chi connectivity index (χ4n) is 8.75. The van der Waals surface area contributed by atoms with Gasteiger partial charge in [0.05, 0.1) is 0 Å². The lowest BCUT2D eigenvalue weighted by atomic mass is 9.37. The SMILES string of the molecule is CC1(C)CC[C@]2(C)CC[C@]3(C)[C@H](C(=O)C=C4C5=C=C(C#N)C(=O)C(C)(C)[C@@H]5CC[C@]43C)[C@@H]2C1. The van der Waals surface area contributed by atoms with Crippen LogP contribution in [0.1, 0.15) is 93.4 Å². The number of nitriles is 1. The van der Waals surface area contributed by atoms with Gasteiger partial charge in [-0.2, -0.15) is 5.26 Å². The number of fused-ring (bicyclic) bond motifs is 7. The van der Waals surface area contributed by atoms with Crippen LogP contribution in [0.3, 0.4) is 0 Å². The number of hydrogen-bond donors (Lipinski definition) is 0. The second kappa shape index (κ2) is 6.60. The van der Waals surface area contributed by atoms with E-state index in [1.165, 1.54) is 19.3 Å². The van der Waals surface area contributed by atoms with Gasteiger partial charge < -0.3 is 0 Å². The number of allylic oxidation sites excluding steroid dienone is 3. The van der Waals surface area contributed by atoms with E-state index >= 15 is 0 Å². The summed E-state index contributed by atoms with van der Waals surface area (Å²) in [6.45, 7) is 15.9. The van der Waals surface area contributed by atoms with Crippen LogP contribution in [0.5, 0.6) is 0 Å². The Morgan fingerprint density at radius 3 is 2.30 bits per heavy atom. The average molecular weight is 446 g/mol. The van der Waals surface area contributed by atoms with Crippen molar-refractivity contribution in [1.29, 1.82) is 5.26 Å². The van der Waals surface area contributed by atoms with Crippen molar-refractivity contribution < 1.29 is 9.59 Å². The summed E-state index contributed by atoms with van der Waals surface area (Å²) >= 11 is 0. The molecule has 0 bridgehead atoms. The molecule has 0 aromatic heterocycles. The molecule has 3 nitrogen and oxygen atoms in total. The lowest BCUT2D eigenvalue weighted by Gasteiger charge is -2.66. The van der Waals surface area contributed by atoms with E-state index in [1.807, 2.05) is 19.9 Å². The number of nitrogens with zero attached hydrogens (tertiary/aromatic N) is 1. The zero-order valence-corrected chi connectivity index (χ0v) is 21.5. The topological polar surface area (TPSA) is 57.9 Å². The molecule has 0 aromatic rings. The molecule has 0 aliphatic heterocycles. The fraction of sp³-hybridized carbons (Fsp3) is 0.733. The minimum Gasteiger partial charge on any atom is -0.295 e. The summed E-state index contributed by atoms with van der Waals surface area (Å²) < 4.78 is 0. The monoisotopic (exact) mass is 445 g/mol. The van der Waals surface area contributed by atoms with Crippen molar-refractivity contribution in [2.75, 3.05) is 0 Å². The van der Waals surface area contributed by atoms with Gasteiger partial charge in [0.1, 0.15) is 11.6 Å². The van der Waals surface area contributed by atoms with E-state index < -0.39 is 5.41 Å². The van der Waals surface area contributed by atoms with Gasteiger partial charge in [-0.05, 0) is 84.2 Å². The Bertz CT molecular complexity index is 1110. The predicted molar refractivity (Wildman–Crippen MR) is 129 cm³/mol. The van der Waals surface area contributed by atoms with Crippen LogP contribution in [-0.2, 0) is 9.59 Å². The number of carbonyl (C=O) groups excluding carboxylic acids is 2. The van der Waals surface area contributed by atoms with Crippen LogP contribution < -0.4 is 0 Å². The van der Waals surface area contributed by atoms with Crippen LogP contribution in [-0.4, -0.2) is 11.6 Å². The molecular weight excluding hydrogens is 406 g/mol. The summed E-state index contributed by atoms with van der Waals surface area (Å²) in [7, 11) is 0. The largest absolute Gasteiger partial charge is 0.295 e. The number of ketones is 2. The van der Waals surface area contributed by atoms with Crippen LogP contribution in [0.15, 0.2) is 28.5 Å². The summed E-state index contributed by atoms with van der Waals surface area (Å²) in [6.07, 6.45) is 9.68. The molecule has 0 heterocycles. The van der Waals surface area contributed by atoms with Gasteiger partial charge >= 0.3 is 0 Å². The molecule has 0 N–H and O–H groups in total. The molecule has 3 fully saturated rings. The molecule has 0 unspecified atom stereocenters. The molecule has 5 aliphatic rings. The second-order valence-corrected chi connectivity index (χ2v) is 14.0. The molecule has 0 saturated heterocycles. The van der Waals surface area contributed by atoms with E-state index in [1.54, 1.807) is 0 Å². The maximum atomic E-state index is 14.0. The van der Waals surface area contributed by atoms with E-state index in [-0.39, 0.29) is 50.6 Å². The number of Topliss-reactive ketones (excluding diaryl/α,β-unsaturated/α-hetero) is 1. The average Bonchev–Trinajstić information content (AvgIpc) is 2.73. The molecule has 3 heteroatoms. The molecular formula is C30H39NO2. The first-order chi connectivity index (χ1) is 15.2. The Hall–Kier alpha value is -1.91. The van der Waals surface area contributed by atoms with E-state index in [9.17, 15) is 14.9 Å². The van der Waals surface area contributed by atoms with Gasteiger partial charge in [-0.3, -0.25) is 9.59 Å². The first-order valence-corrected chi connectivity index (χ1v) is 12.9. The van der Waals surface area contributed by atoms with Crippen molar-refractivity contribution in [3.63, 3.8) is 0 Å². The van der Waals surface area contributed by atoms with Gasteiger partial charge in [-0.25, -0.2) is 0 Å². The Kier molecular flexibility index (Phi) is 4.58. The third-order valence-electron chi connectivity index (χ3n) is 11.4. The van der Waals surface area contributed by atoms with Crippen LogP contribution in [0.4, 0.5) is 0 Å². The molecule has 5 aliphatic carbocycles. The van der Waals surface area contributed by atoms with Crippen LogP contribution >= 0.6 is 0 Å². The number of hydrogen-bond acceptors (Lipinski definition) is 3. The van der Waals surface area contributed by atoms with Crippen LogP contribution in [0, 0.1) is 56.2 Å². The number of carbonyl (C=O) groups is 2. The van der Waals surface area contributed by atoms with E-state index in [0.717, 1.165) is 36.8 Å². The first-order valence-electron chi connectivity index (χ1n) is 12.9. The normalized spacial score (nSPS) is 45.3. The standard InChI is InChI=1S/C30H39NO2/c1-26(2)10-11-28(5)12-13-30(7)24(22(28)16-26)23(32)15-21-19-14-18(17-31)25(33)27(3,4)20(19)8-9-29(21,30)6/h15,20,22,24H,8-13,16H2,1-7H3/t20-,22+,24+,28-,29-,30-/m1/s1. The van der Waals surface area contributed by atoms with Gasteiger partial charge in [0, 0.05) is 22.8 Å². The molecule has 0 spiro atoms. The zero-order valence-electron chi connectivity index (χ0n) is 21.5. The van der Waals surface area contributed by atoms with Gasteiger partial charge in [-0.15, -0.1) is 0 Å². The molecule has 33 heavy (non-hydrogen) atoms. The minimum atomic E-state index is -0.632. The second-order valence-electron chi connectivity index (χ2n) is 14.0. The van der Waals surface area contributed by atoms with Crippen molar-refractivity contribution in [3.8, 4) is 6.07 Å². The fourth-order valence-corrected chi connectivity index (χ4v) is 8.75. The van der Waals surface area contributed by atoms with Gasteiger partial charge in [-0.1, -0.05) is 54.2 Å². The van der Waals surface area contributed by atoms with Crippen molar-refractivity contribution in [1.82, 2.24) is 0 Å². The highest BCUT2D eigenvalue weighted by atomic mass is 16.1. The third-order valence-corrected chi connectivity index (χ3v) is 11.4. The quantitative estimate of drug-likeness (QED) is 0.388. The van der Waals surface area contributed by atoms with Crippen LogP contribution in [0.2, 0.25) is 0 Å². The zero-order chi connectivity index (χ0) is 24.2. The highest BCUT2D eigenvalue weighted by Gasteiger charge is 2.66. The third kappa shape index (κ3) is 2.80. The minimum absolute atomic E-state index is 0.0249. The molecule has 0 aromatic carbocycles. The summed E-state index contributed by atoms with van der Waals surface area (Å²) in [5, 5.41) is 9.67. The summed E-state index contributed by atoms with van der Waals surface area (Å²) in [6, 6.07) is 2.10. The number of rotatable bonds is 0. The summed E-state index contributed by atoms with van der Waals surface area (Å²) in [4.78, 5) is 27.0. The first kappa shape index (κ1) is 22.9. The van der Waals surface area contributed by atoms with Crippen molar-refractivity contribution >= 4 is 11.6 Å². The lowest BCUT2D eigenvalue weighted by molar-refractivity contribution is -0.161. The van der Waals surface area contributed by atoms with E-state index in [2.05, 4.69) is 46.4 Å². The predicted octanol–water partition coefficient (Wildman–Crippen LogP) is 6.74. The Balaban J connectivity index is 1.70. The van der Waals surface area contributed by atoms with Crippen molar-refractivity contribution in [2.45, 2.75) is 93.4 Å². The Morgan fingerprint density at radius 2 is 1.64 bits per heavy atom. The van der Waals surface area contributed by atoms with Gasteiger partial charge in [0.2, 0.25) is 0 Å². The molecule has 0 amide bonds. The Morgan fingerprint density at radius 1 is 0.970 bits per heavy atom. The maximum absolute atomic E-state index is 14.0.